The van der Waals surface area contributed by atoms with Crippen LogP contribution in [0, 0.1) is 11.8 Å². The number of unbranched alkanes of at least 4 members (excludes halogenated alkanes) is 4. The van der Waals surface area contributed by atoms with Gasteiger partial charge < -0.3 is 19.9 Å². The van der Waals surface area contributed by atoms with Crippen molar-refractivity contribution in [1.82, 2.24) is 30.1 Å². The van der Waals surface area contributed by atoms with E-state index in [1.54, 1.807) is 42.6 Å². The zero-order valence-corrected chi connectivity index (χ0v) is 33.9. The smallest absolute Gasteiger partial charge is 0.263 e. The van der Waals surface area contributed by atoms with Gasteiger partial charge in [0.15, 0.2) is 5.78 Å². The number of nitrogens with one attached hydrogen (secondary N) is 3. The molecule has 14 nitrogen and oxygen atoms in total. The van der Waals surface area contributed by atoms with Crippen molar-refractivity contribution in [2.75, 3.05) is 18.4 Å². The van der Waals surface area contributed by atoms with E-state index in [2.05, 4.69) is 37.4 Å². The summed E-state index contributed by atoms with van der Waals surface area (Å²) in [6.45, 7) is 1.21. The Labute approximate surface area is 357 Å². The molecule has 3 aliphatic heterocycles. The van der Waals surface area contributed by atoms with Gasteiger partial charge in [-0.3, -0.25) is 39.0 Å². The Kier molecular flexibility index (Phi) is 12.2. The van der Waals surface area contributed by atoms with Gasteiger partial charge in [-0.1, -0.05) is 60.5 Å². The maximum absolute atomic E-state index is 13.8. The van der Waals surface area contributed by atoms with Gasteiger partial charge in [0.25, 0.3) is 11.8 Å². The van der Waals surface area contributed by atoms with Gasteiger partial charge in [-0.15, -0.1) is 0 Å². The number of hydrogen-bond acceptors (Lipinski definition) is 10. The van der Waals surface area contributed by atoms with Crippen LogP contribution < -0.4 is 15.4 Å². The van der Waals surface area contributed by atoms with Crippen LogP contribution in [0.25, 0.3) is 11.0 Å². The van der Waals surface area contributed by atoms with Gasteiger partial charge >= 0.3 is 0 Å². The normalized spacial score (nSPS) is 16.6. The van der Waals surface area contributed by atoms with E-state index in [-0.39, 0.29) is 48.2 Å². The molecule has 5 aromatic rings. The fourth-order valence-electron chi connectivity index (χ4n) is 8.01. The molecule has 15 heteroatoms. The second-order valence-electron chi connectivity index (χ2n) is 15.2. The number of aromatic nitrogens is 3. The highest BCUT2D eigenvalue weighted by Crippen LogP contribution is 2.33. The number of para-hydroxylation sites is 1. The predicted octanol–water partition coefficient (Wildman–Crippen LogP) is 7.08. The molecule has 2 fully saturated rings. The van der Waals surface area contributed by atoms with Gasteiger partial charge in [-0.25, -0.2) is 9.97 Å². The van der Waals surface area contributed by atoms with E-state index in [0.717, 1.165) is 43.4 Å². The topological polar surface area (TPSA) is 184 Å². The molecule has 5 heterocycles. The Morgan fingerprint density at radius 2 is 1.69 bits per heavy atom. The van der Waals surface area contributed by atoms with Crippen LogP contribution in [-0.4, -0.2) is 85.2 Å². The van der Waals surface area contributed by atoms with Crippen LogP contribution in [0.4, 0.5) is 5.82 Å². The predicted molar refractivity (Wildman–Crippen MR) is 228 cm³/mol. The van der Waals surface area contributed by atoms with Crippen molar-refractivity contribution in [2.45, 2.75) is 76.3 Å². The quantitative estimate of drug-likeness (QED) is 0.0480. The number of benzene rings is 3. The summed E-state index contributed by atoms with van der Waals surface area (Å²) in [7, 11) is 0. The van der Waals surface area contributed by atoms with Crippen molar-refractivity contribution < 1.29 is 34.9 Å². The summed E-state index contributed by atoms with van der Waals surface area (Å²) in [5, 5.41) is 6.55. The molecule has 5 amide bonds. The molecule has 8 rings (SSSR count). The molecule has 3 aromatic carbocycles. The number of ketones is 1. The zero-order chi connectivity index (χ0) is 42.5. The first kappa shape index (κ1) is 40.9. The van der Waals surface area contributed by atoms with Crippen LogP contribution in [0.2, 0.25) is 5.02 Å². The number of nitrogens with zero attached hydrogens (tertiary/aromatic N) is 4. The monoisotopic (exact) mass is 841 g/mol. The van der Waals surface area contributed by atoms with Crippen LogP contribution >= 0.6 is 11.6 Å². The number of rotatable bonds is 13. The lowest BCUT2D eigenvalue weighted by Crippen LogP contribution is -2.54. The number of anilines is 1. The van der Waals surface area contributed by atoms with Gasteiger partial charge in [-0.2, -0.15) is 0 Å². The maximum atomic E-state index is 13.8. The van der Waals surface area contributed by atoms with Crippen molar-refractivity contribution in [3.05, 3.63) is 112 Å². The minimum atomic E-state index is -1.03. The number of likely N-dealkylation sites (tertiary alicyclic amines) is 1. The number of H-pyrrole nitrogens is 1. The van der Waals surface area contributed by atoms with Gasteiger partial charge in [-0.05, 0) is 68.5 Å². The summed E-state index contributed by atoms with van der Waals surface area (Å²) in [5.41, 5.74) is 2.07. The van der Waals surface area contributed by atoms with E-state index in [4.69, 9.17) is 16.3 Å². The largest absolute Gasteiger partial charge is 0.457 e. The third-order valence-electron chi connectivity index (χ3n) is 11.2. The lowest BCUT2D eigenvalue weighted by Gasteiger charge is -2.33. The number of aromatic amines is 1. The average Bonchev–Trinajstić information content (AvgIpc) is 3.81. The SMILES string of the molecule is O=C1CCC(N2C(=O)c3cccc(C#CCCCCCCC(=O)N4CCC(Nc5ncnc6[nH]cc(C(=O)c7ccc(Oc8ccccc8)cc7Cl)c56)CC4)c3C2=O)C(=O)N1.[HH]. The summed E-state index contributed by atoms with van der Waals surface area (Å²) in [4.78, 5) is 92.1. The van der Waals surface area contributed by atoms with Gasteiger partial charge in [0.2, 0.25) is 17.7 Å². The third kappa shape index (κ3) is 8.88. The first-order valence-electron chi connectivity index (χ1n) is 20.4. The molecule has 312 valence electrons. The Morgan fingerprint density at radius 1 is 0.885 bits per heavy atom. The number of carbonyl (C=O) groups excluding carboxylic acids is 6. The standard InChI is InChI=1S/C46H42ClN7O7.H2/c47-35-25-31(61-30-13-7-5-8-14-30)17-18-32(35)41(57)34-26-48-42-40(34)43(50-27-49-42)51-29-21-23-53(24-22-29)38(56)16-9-4-2-1-3-6-11-28-12-10-15-33-39(28)46(60)54(45(33)59)36-19-20-37(55)52-44(36)58;/h5,7-8,10,12-15,17-18,25-27,29,36H,1-4,9,16,19-24H2,(H,52,55,58)(H2,48,49,50,51);1H. The van der Waals surface area contributed by atoms with Crippen molar-refractivity contribution in [3.63, 3.8) is 0 Å². The fourth-order valence-corrected chi connectivity index (χ4v) is 8.27. The summed E-state index contributed by atoms with van der Waals surface area (Å²) < 4.78 is 5.88. The lowest BCUT2D eigenvalue weighted by molar-refractivity contribution is -0.136. The van der Waals surface area contributed by atoms with Crippen LogP contribution in [0.3, 0.4) is 0 Å². The molecule has 3 aliphatic rings. The van der Waals surface area contributed by atoms with Crippen molar-refractivity contribution >= 4 is 63.8 Å². The second-order valence-corrected chi connectivity index (χ2v) is 15.6. The van der Waals surface area contributed by atoms with Crippen molar-refractivity contribution in [3.8, 4) is 23.3 Å². The number of imide groups is 2. The van der Waals surface area contributed by atoms with Crippen molar-refractivity contribution in [1.29, 1.82) is 0 Å². The Bertz CT molecular complexity index is 2620. The van der Waals surface area contributed by atoms with Crippen LogP contribution in [0.1, 0.15) is 108 Å². The number of amides is 5. The molecule has 0 saturated carbocycles. The molecule has 1 atom stereocenters. The molecule has 0 aliphatic carbocycles. The van der Waals surface area contributed by atoms with E-state index in [1.807, 2.05) is 35.2 Å². The number of ether oxygens (including phenoxy) is 1. The molecule has 0 spiro atoms. The highest BCUT2D eigenvalue weighted by Gasteiger charge is 2.45. The Morgan fingerprint density at radius 3 is 2.48 bits per heavy atom. The summed E-state index contributed by atoms with van der Waals surface area (Å²) in [6, 6.07) is 18.2. The summed E-state index contributed by atoms with van der Waals surface area (Å²) in [6.07, 6.45) is 9.04. The molecule has 61 heavy (non-hydrogen) atoms. The number of fused-ring (bicyclic) bond motifs is 2. The Hall–Kier alpha value is -6.85. The third-order valence-corrected chi connectivity index (χ3v) is 11.5. The highest BCUT2D eigenvalue weighted by molar-refractivity contribution is 6.36. The fraction of sp³-hybridized carbons (Fsp3) is 0.304. The first-order chi connectivity index (χ1) is 29.7. The van der Waals surface area contributed by atoms with E-state index in [1.165, 1.54) is 6.33 Å². The molecule has 2 aromatic heterocycles. The number of carbonyl (C=O) groups is 6. The number of piperidine rings is 2. The van der Waals surface area contributed by atoms with E-state index in [0.29, 0.717) is 71.0 Å². The number of hydrogen-bond donors (Lipinski definition) is 3. The van der Waals surface area contributed by atoms with Gasteiger partial charge in [0.1, 0.15) is 35.3 Å². The minimum Gasteiger partial charge on any atom is -0.457 e. The summed E-state index contributed by atoms with van der Waals surface area (Å²) in [5.74, 6) is 5.50. The zero-order valence-electron chi connectivity index (χ0n) is 33.2. The Balaban J connectivity index is 0.00000578. The maximum Gasteiger partial charge on any atom is 0.263 e. The molecule has 0 radical (unpaired) electrons. The van der Waals surface area contributed by atoms with Crippen LogP contribution in [0.5, 0.6) is 11.5 Å². The molecule has 1 unspecified atom stereocenters. The van der Waals surface area contributed by atoms with E-state index in [9.17, 15) is 28.8 Å². The minimum absolute atomic E-state index is 0. The summed E-state index contributed by atoms with van der Waals surface area (Å²) >= 11 is 6.60. The second kappa shape index (κ2) is 18.2. The molecule has 3 N–H and O–H groups in total. The first-order valence-corrected chi connectivity index (χ1v) is 20.8. The molecule has 2 saturated heterocycles. The van der Waals surface area contributed by atoms with Crippen LogP contribution in [0.15, 0.2) is 79.3 Å². The average molecular weight is 842 g/mol. The highest BCUT2D eigenvalue weighted by atomic mass is 35.5. The number of halogens is 1. The molecular weight excluding hydrogens is 798 g/mol. The van der Waals surface area contributed by atoms with Crippen LogP contribution in [-0.2, 0) is 14.4 Å². The molecule has 0 bridgehead atoms. The lowest BCUT2D eigenvalue weighted by atomic mass is 10.0. The van der Waals surface area contributed by atoms with Gasteiger partial charge in [0.05, 0.1) is 27.1 Å². The van der Waals surface area contributed by atoms with E-state index < -0.39 is 29.7 Å². The van der Waals surface area contributed by atoms with E-state index >= 15 is 0 Å². The van der Waals surface area contributed by atoms with Gasteiger partial charge in [0, 0.05) is 63.2 Å². The molecular formula is C46H44ClN7O7. The van der Waals surface area contributed by atoms with Crippen molar-refractivity contribution in [2.24, 2.45) is 0 Å².